The first kappa shape index (κ1) is 11.7. The minimum atomic E-state index is 0.307. The van der Waals surface area contributed by atoms with Crippen LogP contribution in [0.25, 0.3) is 12.2 Å². The highest BCUT2D eigenvalue weighted by Crippen LogP contribution is 2.32. The molecule has 3 rings (SSSR count). The average molecular weight is 254 g/mol. The van der Waals surface area contributed by atoms with Crippen LogP contribution in [0.5, 0.6) is 17.2 Å². The number of rotatable bonds is 3. The first-order valence-electron chi connectivity index (χ1n) is 6.07. The van der Waals surface area contributed by atoms with Gasteiger partial charge in [-0.05, 0) is 35.4 Å². The second-order valence-corrected chi connectivity index (χ2v) is 4.22. The summed E-state index contributed by atoms with van der Waals surface area (Å²) in [5.41, 5.74) is 2.21. The van der Waals surface area contributed by atoms with Crippen LogP contribution >= 0.6 is 0 Å². The van der Waals surface area contributed by atoms with Gasteiger partial charge in [0.1, 0.15) is 5.75 Å². The largest absolute Gasteiger partial charge is 0.497 e. The Morgan fingerprint density at radius 3 is 2.37 bits per heavy atom. The Bertz CT molecular complexity index is 600. The molecule has 19 heavy (non-hydrogen) atoms. The summed E-state index contributed by atoms with van der Waals surface area (Å²) in [7, 11) is 1.66. The highest BCUT2D eigenvalue weighted by atomic mass is 16.7. The van der Waals surface area contributed by atoms with Crippen molar-refractivity contribution in [3.63, 3.8) is 0 Å². The van der Waals surface area contributed by atoms with Crippen LogP contribution in [0, 0.1) is 0 Å². The van der Waals surface area contributed by atoms with E-state index >= 15 is 0 Å². The van der Waals surface area contributed by atoms with E-state index < -0.39 is 0 Å². The van der Waals surface area contributed by atoms with Crippen LogP contribution in [-0.2, 0) is 0 Å². The van der Waals surface area contributed by atoms with Crippen molar-refractivity contribution in [3.05, 3.63) is 53.6 Å². The number of hydrogen-bond donors (Lipinski definition) is 0. The highest BCUT2D eigenvalue weighted by Gasteiger charge is 2.11. The Hall–Kier alpha value is -2.42. The minimum Gasteiger partial charge on any atom is -0.497 e. The molecule has 0 atom stereocenters. The predicted octanol–water partition coefficient (Wildman–Crippen LogP) is 3.59. The lowest BCUT2D eigenvalue weighted by Crippen LogP contribution is -1.92. The molecule has 0 radical (unpaired) electrons. The fourth-order valence-corrected chi connectivity index (χ4v) is 1.92. The molecule has 0 amide bonds. The summed E-state index contributed by atoms with van der Waals surface area (Å²) in [6.07, 6.45) is 4.10. The molecule has 0 spiro atoms. The molecule has 0 saturated heterocycles. The third-order valence-electron chi connectivity index (χ3n) is 2.98. The van der Waals surface area contributed by atoms with Gasteiger partial charge in [0.25, 0.3) is 0 Å². The van der Waals surface area contributed by atoms with Crippen molar-refractivity contribution in [2.45, 2.75) is 0 Å². The van der Waals surface area contributed by atoms with Crippen molar-refractivity contribution in [2.24, 2.45) is 0 Å². The lowest BCUT2D eigenvalue weighted by Gasteiger charge is -2.00. The molecule has 1 aliphatic heterocycles. The van der Waals surface area contributed by atoms with Crippen LogP contribution in [0.15, 0.2) is 42.5 Å². The van der Waals surface area contributed by atoms with E-state index in [-0.39, 0.29) is 0 Å². The van der Waals surface area contributed by atoms with Crippen LogP contribution < -0.4 is 14.2 Å². The number of fused-ring (bicyclic) bond motifs is 1. The van der Waals surface area contributed by atoms with Gasteiger partial charge in [-0.2, -0.15) is 0 Å². The molecule has 0 N–H and O–H groups in total. The molecule has 0 fully saturated rings. The van der Waals surface area contributed by atoms with Crippen molar-refractivity contribution in [2.75, 3.05) is 13.9 Å². The normalized spacial score (nSPS) is 12.9. The fourth-order valence-electron chi connectivity index (χ4n) is 1.92. The molecule has 3 nitrogen and oxygen atoms in total. The van der Waals surface area contributed by atoms with E-state index in [1.54, 1.807) is 7.11 Å². The molecule has 96 valence electrons. The van der Waals surface area contributed by atoms with Crippen molar-refractivity contribution in [3.8, 4) is 17.2 Å². The van der Waals surface area contributed by atoms with Gasteiger partial charge in [0.2, 0.25) is 6.79 Å². The zero-order chi connectivity index (χ0) is 13.1. The first-order chi connectivity index (χ1) is 9.35. The van der Waals surface area contributed by atoms with E-state index in [0.29, 0.717) is 6.79 Å². The lowest BCUT2D eigenvalue weighted by molar-refractivity contribution is 0.174. The molecule has 0 aromatic heterocycles. The van der Waals surface area contributed by atoms with Crippen LogP contribution in [-0.4, -0.2) is 13.9 Å². The molecule has 2 aromatic carbocycles. The lowest BCUT2D eigenvalue weighted by atomic mass is 10.1. The van der Waals surface area contributed by atoms with Crippen molar-refractivity contribution in [1.82, 2.24) is 0 Å². The molecule has 0 aliphatic carbocycles. The van der Waals surface area contributed by atoms with Crippen molar-refractivity contribution >= 4 is 12.2 Å². The Balaban J connectivity index is 1.78. The molecule has 2 aromatic rings. The summed E-state index contributed by atoms with van der Waals surface area (Å²) < 4.78 is 15.8. The Morgan fingerprint density at radius 1 is 0.895 bits per heavy atom. The number of benzene rings is 2. The van der Waals surface area contributed by atoms with Gasteiger partial charge >= 0.3 is 0 Å². The Labute approximate surface area is 112 Å². The molecule has 1 heterocycles. The summed E-state index contributed by atoms with van der Waals surface area (Å²) in [6, 6.07) is 13.8. The zero-order valence-corrected chi connectivity index (χ0v) is 10.6. The van der Waals surface area contributed by atoms with Crippen molar-refractivity contribution in [1.29, 1.82) is 0 Å². The zero-order valence-electron chi connectivity index (χ0n) is 10.6. The maximum atomic E-state index is 5.35. The van der Waals surface area contributed by atoms with Gasteiger partial charge < -0.3 is 14.2 Å². The quantitative estimate of drug-likeness (QED) is 0.783. The van der Waals surface area contributed by atoms with Gasteiger partial charge in [-0.3, -0.25) is 0 Å². The molecule has 3 heteroatoms. The predicted molar refractivity (Wildman–Crippen MR) is 74.5 cm³/mol. The molecule has 0 bridgehead atoms. The van der Waals surface area contributed by atoms with E-state index in [1.807, 2.05) is 48.5 Å². The highest BCUT2D eigenvalue weighted by molar-refractivity contribution is 5.71. The van der Waals surface area contributed by atoms with Gasteiger partial charge in [0.15, 0.2) is 11.5 Å². The standard InChI is InChI=1S/C16H14O3/c1-17-14-7-4-12(5-8-14)2-3-13-6-9-15-16(10-13)19-11-18-15/h2-10H,11H2,1H3/b3-2+. The third kappa shape index (κ3) is 2.55. The van der Waals surface area contributed by atoms with Crippen molar-refractivity contribution < 1.29 is 14.2 Å². The SMILES string of the molecule is COc1ccc(/C=C/c2ccc3c(c2)OCO3)cc1. The summed E-state index contributed by atoms with van der Waals surface area (Å²) >= 11 is 0. The summed E-state index contributed by atoms with van der Waals surface area (Å²) in [5, 5.41) is 0. The molecular formula is C16H14O3. The van der Waals surface area contributed by atoms with Gasteiger partial charge in [-0.1, -0.05) is 30.4 Å². The van der Waals surface area contributed by atoms with E-state index in [2.05, 4.69) is 6.08 Å². The van der Waals surface area contributed by atoms with E-state index in [1.165, 1.54) is 0 Å². The van der Waals surface area contributed by atoms with E-state index in [9.17, 15) is 0 Å². The Kier molecular flexibility index (Phi) is 3.11. The van der Waals surface area contributed by atoms with Crippen LogP contribution in [0.3, 0.4) is 0 Å². The Morgan fingerprint density at radius 2 is 1.58 bits per heavy atom. The van der Waals surface area contributed by atoms with Gasteiger partial charge in [-0.25, -0.2) is 0 Å². The van der Waals surface area contributed by atoms with E-state index in [0.717, 1.165) is 28.4 Å². The minimum absolute atomic E-state index is 0.307. The maximum Gasteiger partial charge on any atom is 0.231 e. The summed E-state index contributed by atoms with van der Waals surface area (Å²) in [4.78, 5) is 0. The summed E-state index contributed by atoms with van der Waals surface area (Å²) in [5.74, 6) is 2.47. The monoisotopic (exact) mass is 254 g/mol. The second-order valence-electron chi connectivity index (χ2n) is 4.22. The molecule has 0 unspecified atom stereocenters. The topological polar surface area (TPSA) is 27.7 Å². The average Bonchev–Trinajstić information content (AvgIpc) is 2.93. The van der Waals surface area contributed by atoms with Gasteiger partial charge in [0.05, 0.1) is 7.11 Å². The van der Waals surface area contributed by atoms with Crippen LogP contribution in [0.2, 0.25) is 0 Å². The smallest absolute Gasteiger partial charge is 0.231 e. The third-order valence-corrected chi connectivity index (χ3v) is 2.98. The maximum absolute atomic E-state index is 5.35. The van der Waals surface area contributed by atoms with Crippen LogP contribution in [0.4, 0.5) is 0 Å². The molecular weight excluding hydrogens is 240 g/mol. The summed E-state index contributed by atoms with van der Waals surface area (Å²) in [6.45, 7) is 0.307. The first-order valence-corrected chi connectivity index (χ1v) is 6.07. The van der Waals surface area contributed by atoms with Gasteiger partial charge in [0, 0.05) is 0 Å². The number of hydrogen-bond acceptors (Lipinski definition) is 3. The van der Waals surface area contributed by atoms with Crippen LogP contribution in [0.1, 0.15) is 11.1 Å². The molecule has 1 aliphatic rings. The number of ether oxygens (including phenoxy) is 3. The molecule has 0 saturated carbocycles. The van der Waals surface area contributed by atoms with Gasteiger partial charge in [-0.15, -0.1) is 0 Å². The van der Waals surface area contributed by atoms with E-state index in [4.69, 9.17) is 14.2 Å². The fraction of sp³-hybridized carbons (Fsp3) is 0.125. The second kappa shape index (κ2) is 5.06. The number of methoxy groups -OCH3 is 1.